The number of para-hydroxylation sites is 1. The number of carbonyl (C=O) groups is 1. The summed E-state index contributed by atoms with van der Waals surface area (Å²) in [7, 11) is 0. The number of hydrogen-bond donors (Lipinski definition) is 2. The number of anilines is 2. The third-order valence-corrected chi connectivity index (χ3v) is 3.78. The Labute approximate surface area is 136 Å². The van der Waals surface area contributed by atoms with Crippen LogP contribution in [0.25, 0.3) is 0 Å². The van der Waals surface area contributed by atoms with E-state index in [2.05, 4.69) is 36.6 Å². The van der Waals surface area contributed by atoms with Crippen LogP contribution in [0.15, 0.2) is 42.5 Å². The molecule has 2 aromatic rings. The van der Waals surface area contributed by atoms with E-state index < -0.39 is 0 Å². The molecule has 0 saturated carbocycles. The van der Waals surface area contributed by atoms with Crippen molar-refractivity contribution in [3.05, 3.63) is 58.6 Å². The SMILES string of the molecule is CCc1cccc(CC)c1NC(=O)CNc1cccc(Cl)c1. The fourth-order valence-corrected chi connectivity index (χ4v) is 2.56. The van der Waals surface area contributed by atoms with Gasteiger partial charge in [0.2, 0.25) is 5.91 Å². The minimum atomic E-state index is -0.0597. The van der Waals surface area contributed by atoms with Gasteiger partial charge < -0.3 is 10.6 Å². The van der Waals surface area contributed by atoms with Gasteiger partial charge in [0.1, 0.15) is 0 Å². The molecule has 2 N–H and O–H groups in total. The zero-order chi connectivity index (χ0) is 15.9. The molecule has 0 spiro atoms. The van der Waals surface area contributed by atoms with Crippen LogP contribution in [0.2, 0.25) is 5.02 Å². The Kier molecular flexibility index (Phi) is 5.84. The van der Waals surface area contributed by atoms with Crippen molar-refractivity contribution in [2.45, 2.75) is 26.7 Å². The van der Waals surface area contributed by atoms with Gasteiger partial charge in [-0.15, -0.1) is 0 Å². The summed E-state index contributed by atoms with van der Waals surface area (Å²) in [6.45, 7) is 4.39. The Morgan fingerprint density at radius 1 is 1.05 bits per heavy atom. The lowest BCUT2D eigenvalue weighted by Gasteiger charge is -2.15. The second-order valence-electron chi connectivity index (χ2n) is 5.07. The molecule has 3 nitrogen and oxygen atoms in total. The van der Waals surface area contributed by atoms with Gasteiger partial charge in [-0.1, -0.05) is 49.7 Å². The molecule has 4 heteroatoms. The van der Waals surface area contributed by atoms with Crippen molar-refractivity contribution in [2.75, 3.05) is 17.2 Å². The van der Waals surface area contributed by atoms with E-state index in [0.29, 0.717) is 5.02 Å². The van der Waals surface area contributed by atoms with E-state index in [4.69, 9.17) is 11.6 Å². The van der Waals surface area contributed by atoms with Crippen LogP contribution >= 0.6 is 11.6 Å². The average Bonchev–Trinajstić information content (AvgIpc) is 2.53. The summed E-state index contributed by atoms with van der Waals surface area (Å²) >= 11 is 5.93. The molecular weight excluding hydrogens is 296 g/mol. The first-order chi connectivity index (χ1) is 10.6. The van der Waals surface area contributed by atoms with Gasteiger partial charge in [0.05, 0.1) is 6.54 Å². The Hall–Kier alpha value is -2.00. The van der Waals surface area contributed by atoms with Crippen LogP contribution in [-0.2, 0) is 17.6 Å². The topological polar surface area (TPSA) is 41.1 Å². The van der Waals surface area contributed by atoms with Crippen molar-refractivity contribution in [3.63, 3.8) is 0 Å². The first kappa shape index (κ1) is 16.4. The predicted molar refractivity (Wildman–Crippen MR) is 93.8 cm³/mol. The van der Waals surface area contributed by atoms with Gasteiger partial charge in [0, 0.05) is 16.4 Å². The minimum Gasteiger partial charge on any atom is -0.376 e. The molecule has 0 saturated heterocycles. The normalized spacial score (nSPS) is 10.3. The van der Waals surface area contributed by atoms with Crippen LogP contribution in [0.5, 0.6) is 0 Å². The van der Waals surface area contributed by atoms with E-state index in [1.54, 1.807) is 12.1 Å². The summed E-state index contributed by atoms with van der Waals surface area (Å²) in [5.74, 6) is -0.0597. The average molecular weight is 317 g/mol. The molecular formula is C18H21ClN2O. The highest BCUT2D eigenvalue weighted by atomic mass is 35.5. The van der Waals surface area contributed by atoms with E-state index in [1.807, 2.05) is 18.2 Å². The van der Waals surface area contributed by atoms with Crippen LogP contribution in [0, 0.1) is 0 Å². The Morgan fingerprint density at radius 3 is 2.27 bits per heavy atom. The smallest absolute Gasteiger partial charge is 0.243 e. The molecule has 116 valence electrons. The molecule has 2 rings (SSSR count). The fourth-order valence-electron chi connectivity index (χ4n) is 2.37. The maximum absolute atomic E-state index is 12.2. The second kappa shape index (κ2) is 7.85. The highest BCUT2D eigenvalue weighted by Gasteiger charge is 2.09. The van der Waals surface area contributed by atoms with Crippen molar-refractivity contribution >= 4 is 28.9 Å². The van der Waals surface area contributed by atoms with Crippen LogP contribution in [-0.4, -0.2) is 12.5 Å². The molecule has 0 aliphatic heterocycles. The molecule has 22 heavy (non-hydrogen) atoms. The number of nitrogens with one attached hydrogen (secondary N) is 2. The summed E-state index contributed by atoms with van der Waals surface area (Å²) in [5.41, 5.74) is 4.11. The van der Waals surface area contributed by atoms with E-state index in [9.17, 15) is 4.79 Å². The van der Waals surface area contributed by atoms with Crippen molar-refractivity contribution < 1.29 is 4.79 Å². The van der Waals surface area contributed by atoms with Crippen molar-refractivity contribution in [2.24, 2.45) is 0 Å². The van der Waals surface area contributed by atoms with E-state index in [1.165, 1.54) is 0 Å². The van der Waals surface area contributed by atoms with Gasteiger partial charge in [-0.2, -0.15) is 0 Å². The maximum atomic E-state index is 12.2. The molecule has 0 aliphatic rings. The summed E-state index contributed by atoms with van der Waals surface area (Å²) < 4.78 is 0. The van der Waals surface area contributed by atoms with Gasteiger partial charge >= 0.3 is 0 Å². The number of halogens is 1. The number of amides is 1. The monoisotopic (exact) mass is 316 g/mol. The number of aryl methyl sites for hydroxylation is 2. The Bertz CT molecular complexity index is 633. The molecule has 1 amide bonds. The van der Waals surface area contributed by atoms with Crippen LogP contribution in [0.3, 0.4) is 0 Å². The van der Waals surface area contributed by atoms with E-state index in [0.717, 1.165) is 35.3 Å². The lowest BCUT2D eigenvalue weighted by atomic mass is 10.0. The number of carbonyl (C=O) groups excluding carboxylic acids is 1. The standard InChI is InChI=1S/C18H21ClN2O/c1-3-13-7-5-8-14(4-2)18(13)21-17(22)12-20-16-10-6-9-15(19)11-16/h5-11,20H,3-4,12H2,1-2H3,(H,21,22). The molecule has 2 aromatic carbocycles. The highest BCUT2D eigenvalue weighted by molar-refractivity contribution is 6.30. The molecule has 0 unspecified atom stereocenters. The summed E-state index contributed by atoms with van der Waals surface area (Å²) in [4.78, 5) is 12.2. The first-order valence-corrected chi connectivity index (χ1v) is 7.91. The molecule has 0 atom stereocenters. The van der Waals surface area contributed by atoms with Crippen molar-refractivity contribution in [1.82, 2.24) is 0 Å². The first-order valence-electron chi connectivity index (χ1n) is 7.54. The fraction of sp³-hybridized carbons (Fsp3) is 0.278. The molecule has 0 aliphatic carbocycles. The number of hydrogen-bond acceptors (Lipinski definition) is 2. The van der Waals surface area contributed by atoms with Gasteiger partial charge in [-0.3, -0.25) is 4.79 Å². The lowest BCUT2D eigenvalue weighted by molar-refractivity contribution is -0.114. The zero-order valence-corrected chi connectivity index (χ0v) is 13.7. The Balaban J connectivity index is 2.03. The third kappa shape index (κ3) is 4.25. The Morgan fingerprint density at radius 2 is 1.68 bits per heavy atom. The van der Waals surface area contributed by atoms with Gasteiger partial charge in [-0.25, -0.2) is 0 Å². The highest BCUT2D eigenvalue weighted by Crippen LogP contribution is 2.22. The van der Waals surface area contributed by atoms with Crippen molar-refractivity contribution in [1.29, 1.82) is 0 Å². The van der Waals surface area contributed by atoms with Gasteiger partial charge in [0.15, 0.2) is 0 Å². The molecule has 0 bridgehead atoms. The van der Waals surface area contributed by atoms with Crippen molar-refractivity contribution in [3.8, 4) is 0 Å². The summed E-state index contributed by atoms with van der Waals surface area (Å²) in [6, 6.07) is 13.5. The van der Waals surface area contributed by atoms with Gasteiger partial charge in [0.25, 0.3) is 0 Å². The maximum Gasteiger partial charge on any atom is 0.243 e. The third-order valence-electron chi connectivity index (χ3n) is 3.54. The van der Waals surface area contributed by atoms with E-state index in [-0.39, 0.29) is 12.5 Å². The molecule has 0 aromatic heterocycles. The zero-order valence-electron chi connectivity index (χ0n) is 12.9. The summed E-state index contributed by atoms with van der Waals surface area (Å²) in [5, 5.41) is 6.76. The lowest BCUT2D eigenvalue weighted by Crippen LogP contribution is -2.23. The predicted octanol–water partition coefficient (Wildman–Crippen LogP) is 4.52. The quantitative estimate of drug-likeness (QED) is 0.823. The molecule has 0 fully saturated rings. The molecule has 0 radical (unpaired) electrons. The van der Waals surface area contributed by atoms with Gasteiger partial charge in [-0.05, 0) is 42.2 Å². The van der Waals surface area contributed by atoms with Crippen LogP contribution < -0.4 is 10.6 Å². The largest absolute Gasteiger partial charge is 0.376 e. The van der Waals surface area contributed by atoms with Crippen LogP contribution in [0.1, 0.15) is 25.0 Å². The number of rotatable bonds is 6. The van der Waals surface area contributed by atoms with Crippen LogP contribution in [0.4, 0.5) is 11.4 Å². The number of benzene rings is 2. The second-order valence-corrected chi connectivity index (χ2v) is 5.51. The van der Waals surface area contributed by atoms with E-state index >= 15 is 0 Å². The summed E-state index contributed by atoms with van der Waals surface area (Å²) in [6.07, 6.45) is 1.79. The minimum absolute atomic E-state index is 0.0597. The molecule has 0 heterocycles.